The van der Waals surface area contributed by atoms with E-state index >= 15 is 0 Å². The molecule has 0 spiro atoms. The molecule has 0 aliphatic carbocycles. The van der Waals surface area contributed by atoms with Gasteiger partial charge in [0.25, 0.3) is 0 Å². The zero-order chi connectivity index (χ0) is 9.94. The first-order valence-corrected chi connectivity index (χ1v) is 5.52. The molecule has 0 saturated heterocycles. The fourth-order valence-electron chi connectivity index (χ4n) is 1.19. The second-order valence-electron chi connectivity index (χ2n) is 3.83. The predicted octanol–water partition coefficient (Wildman–Crippen LogP) is 4.29. The van der Waals surface area contributed by atoms with E-state index in [4.69, 9.17) is 4.74 Å². The van der Waals surface area contributed by atoms with Gasteiger partial charge < -0.3 is 4.74 Å². The lowest BCUT2D eigenvalue weighted by Gasteiger charge is -2.01. The fraction of sp³-hybridized carbons (Fsp3) is 0.833. The Morgan fingerprint density at radius 1 is 1.00 bits per heavy atom. The molecule has 13 heavy (non-hydrogen) atoms. The van der Waals surface area contributed by atoms with E-state index in [1.807, 2.05) is 6.26 Å². The topological polar surface area (TPSA) is 9.23 Å². The Labute approximate surface area is 83.2 Å². The Balaban J connectivity index is 2.96. The molecule has 0 unspecified atom stereocenters. The SMILES string of the molecule is CCCCCCCCOC=C(C)C. The third-order valence-electron chi connectivity index (χ3n) is 1.93. The van der Waals surface area contributed by atoms with Crippen molar-refractivity contribution in [1.29, 1.82) is 0 Å². The van der Waals surface area contributed by atoms with Crippen LogP contribution in [-0.2, 0) is 4.74 Å². The van der Waals surface area contributed by atoms with Crippen LogP contribution in [0.2, 0.25) is 0 Å². The first-order chi connectivity index (χ1) is 6.27. The van der Waals surface area contributed by atoms with Crippen LogP contribution in [0.5, 0.6) is 0 Å². The summed E-state index contributed by atoms with van der Waals surface area (Å²) in [5.41, 5.74) is 1.24. The van der Waals surface area contributed by atoms with Crippen LogP contribution in [-0.4, -0.2) is 6.61 Å². The van der Waals surface area contributed by atoms with Gasteiger partial charge in [0.15, 0.2) is 0 Å². The van der Waals surface area contributed by atoms with Gasteiger partial charge in [0.05, 0.1) is 12.9 Å². The monoisotopic (exact) mass is 184 g/mol. The van der Waals surface area contributed by atoms with E-state index in [0.717, 1.165) is 6.61 Å². The molecule has 0 saturated carbocycles. The summed E-state index contributed by atoms with van der Waals surface area (Å²) in [6.07, 6.45) is 9.84. The molecule has 0 atom stereocenters. The second kappa shape index (κ2) is 9.63. The number of allylic oxidation sites excluding steroid dienone is 1. The van der Waals surface area contributed by atoms with Crippen molar-refractivity contribution < 1.29 is 4.74 Å². The smallest absolute Gasteiger partial charge is 0.0873 e. The Morgan fingerprint density at radius 3 is 2.23 bits per heavy atom. The van der Waals surface area contributed by atoms with Gasteiger partial charge >= 0.3 is 0 Å². The zero-order valence-corrected chi connectivity index (χ0v) is 9.44. The van der Waals surface area contributed by atoms with Crippen LogP contribution in [0, 0.1) is 0 Å². The van der Waals surface area contributed by atoms with E-state index in [9.17, 15) is 0 Å². The van der Waals surface area contributed by atoms with Crippen LogP contribution < -0.4 is 0 Å². The van der Waals surface area contributed by atoms with Crippen LogP contribution >= 0.6 is 0 Å². The van der Waals surface area contributed by atoms with E-state index in [1.165, 1.54) is 44.1 Å². The molecule has 78 valence electrons. The lowest BCUT2D eigenvalue weighted by atomic mass is 10.1. The third kappa shape index (κ3) is 11.5. The average Bonchev–Trinajstić information content (AvgIpc) is 2.09. The number of rotatable bonds is 8. The first-order valence-electron chi connectivity index (χ1n) is 5.52. The minimum absolute atomic E-state index is 0.886. The Hall–Kier alpha value is -0.460. The van der Waals surface area contributed by atoms with Crippen molar-refractivity contribution in [3.05, 3.63) is 11.8 Å². The van der Waals surface area contributed by atoms with E-state index in [0.29, 0.717) is 0 Å². The first kappa shape index (κ1) is 12.5. The van der Waals surface area contributed by atoms with Crippen molar-refractivity contribution in [2.24, 2.45) is 0 Å². The summed E-state index contributed by atoms with van der Waals surface area (Å²) in [5, 5.41) is 0. The molecule has 1 heteroatoms. The highest BCUT2D eigenvalue weighted by Crippen LogP contribution is 2.05. The summed E-state index contributed by atoms with van der Waals surface area (Å²) < 4.78 is 5.34. The number of ether oxygens (including phenoxy) is 1. The van der Waals surface area contributed by atoms with E-state index in [1.54, 1.807) is 0 Å². The van der Waals surface area contributed by atoms with Gasteiger partial charge in [0.2, 0.25) is 0 Å². The molecule has 1 nitrogen and oxygen atoms in total. The molecule has 0 N–H and O–H groups in total. The van der Waals surface area contributed by atoms with Crippen LogP contribution in [0.25, 0.3) is 0 Å². The maximum absolute atomic E-state index is 5.34. The molecule has 0 fully saturated rings. The van der Waals surface area contributed by atoms with Gasteiger partial charge in [-0.2, -0.15) is 0 Å². The summed E-state index contributed by atoms with van der Waals surface area (Å²) in [6, 6.07) is 0. The fourth-order valence-corrected chi connectivity index (χ4v) is 1.19. The highest BCUT2D eigenvalue weighted by molar-refractivity contribution is 4.86. The third-order valence-corrected chi connectivity index (χ3v) is 1.93. The molecule has 0 rings (SSSR count). The van der Waals surface area contributed by atoms with E-state index < -0.39 is 0 Å². The van der Waals surface area contributed by atoms with E-state index in [2.05, 4.69) is 20.8 Å². The van der Waals surface area contributed by atoms with Crippen molar-refractivity contribution in [2.45, 2.75) is 59.3 Å². The van der Waals surface area contributed by atoms with Gasteiger partial charge in [0, 0.05) is 0 Å². The quantitative estimate of drug-likeness (QED) is 0.404. The predicted molar refractivity (Wildman–Crippen MR) is 58.8 cm³/mol. The molecule has 0 aliphatic heterocycles. The molecule has 0 amide bonds. The number of hydrogen-bond donors (Lipinski definition) is 0. The van der Waals surface area contributed by atoms with Gasteiger partial charge in [0.1, 0.15) is 0 Å². The van der Waals surface area contributed by atoms with Crippen LogP contribution in [0.15, 0.2) is 11.8 Å². The van der Waals surface area contributed by atoms with Gasteiger partial charge in [-0.1, -0.05) is 39.0 Å². The number of unbranched alkanes of at least 4 members (excludes halogenated alkanes) is 5. The standard InChI is InChI=1S/C12H24O/c1-4-5-6-7-8-9-10-13-11-12(2)3/h11H,4-10H2,1-3H3. The summed E-state index contributed by atoms with van der Waals surface area (Å²) in [4.78, 5) is 0. The van der Waals surface area contributed by atoms with Crippen molar-refractivity contribution >= 4 is 0 Å². The zero-order valence-electron chi connectivity index (χ0n) is 9.44. The molecule has 0 aliphatic rings. The van der Waals surface area contributed by atoms with Gasteiger partial charge in [-0.15, -0.1) is 0 Å². The van der Waals surface area contributed by atoms with Crippen LogP contribution in [0.4, 0.5) is 0 Å². The normalized spacial score (nSPS) is 9.77. The molecular weight excluding hydrogens is 160 g/mol. The summed E-state index contributed by atoms with van der Waals surface area (Å²) in [7, 11) is 0. The Bertz CT molecular complexity index is 123. The van der Waals surface area contributed by atoms with Crippen molar-refractivity contribution in [3.63, 3.8) is 0 Å². The van der Waals surface area contributed by atoms with E-state index in [-0.39, 0.29) is 0 Å². The lowest BCUT2D eigenvalue weighted by molar-refractivity contribution is 0.238. The molecule has 0 aromatic carbocycles. The highest BCUT2D eigenvalue weighted by atomic mass is 16.5. The summed E-state index contributed by atoms with van der Waals surface area (Å²) in [5.74, 6) is 0. The van der Waals surface area contributed by atoms with Crippen molar-refractivity contribution in [2.75, 3.05) is 6.61 Å². The Kier molecular flexibility index (Phi) is 9.29. The summed E-state index contributed by atoms with van der Waals surface area (Å²) in [6.45, 7) is 7.25. The Morgan fingerprint density at radius 2 is 1.62 bits per heavy atom. The summed E-state index contributed by atoms with van der Waals surface area (Å²) >= 11 is 0. The maximum atomic E-state index is 5.34. The molecule has 0 aromatic heterocycles. The highest BCUT2D eigenvalue weighted by Gasteiger charge is 1.89. The molecule has 0 heterocycles. The minimum Gasteiger partial charge on any atom is -0.501 e. The van der Waals surface area contributed by atoms with Crippen molar-refractivity contribution in [1.82, 2.24) is 0 Å². The minimum atomic E-state index is 0.886. The second-order valence-corrected chi connectivity index (χ2v) is 3.83. The van der Waals surface area contributed by atoms with Gasteiger partial charge in [-0.05, 0) is 25.8 Å². The van der Waals surface area contributed by atoms with Gasteiger partial charge in [-0.3, -0.25) is 0 Å². The average molecular weight is 184 g/mol. The van der Waals surface area contributed by atoms with Crippen LogP contribution in [0.1, 0.15) is 59.3 Å². The van der Waals surface area contributed by atoms with Crippen LogP contribution in [0.3, 0.4) is 0 Å². The lowest BCUT2D eigenvalue weighted by Crippen LogP contribution is -1.88. The van der Waals surface area contributed by atoms with Gasteiger partial charge in [-0.25, -0.2) is 0 Å². The van der Waals surface area contributed by atoms with Crippen molar-refractivity contribution in [3.8, 4) is 0 Å². The molecule has 0 bridgehead atoms. The largest absolute Gasteiger partial charge is 0.501 e. The molecular formula is C12H24O. The number of hydrogen-bond acceptors (Lipinski definition) is 1. The molecule has 0 radical (unpaired) electrons. The molecule has 0 aromatic rings. The maximum Gasteiger partial charge on any atom is 0.0873 e.